The maximum atomic E-state index is 13.9. The van der Waals surface area contributed by atoms with E-state index in [2.05, 4.69) is 15.6 Å². The molecular formula is C18H26ClFIN3O. The molecule has 2 saturated carbocycles. The van der Waals surface area contributed by atoms with Crippen LogP contribution in [0.1, 0.15) is 37.2 Å². The van der Waals surface area contributed by atoms with Gasteiger partial charge in [-0.15, -0.1) is 24.0 Å². The number of rotatable bonds is 8. The van der Waals surface area contributed by atoms with Crippen LogP contribution in [0.2, 0.25) is 5.02 Å². The monoisotopic (exact) mass is 481 g/mol. The van der Waals surface area contributed by atoms with Crippen molar-refractivity contribution in [2.24, 2.45) is 10.9 Å². The van der Waals surface area contributed by atoms with Crippen LogP contribution in [0, 0.1) is 11.7 Å². The van der Waals surface area contributed by atoms with E-state index in [0.29, 0.717) is 10.6 Å². The van der Waals surface area contributed by atoms with Gasteiger partial charge in [0.2, 0.25) is 0 Å². The zero-order chi connectivity index (χ0) is 16.9. The zero-order valence-electron chi connectivity index (χ0n) is 14.4. The Bertz CT molecular complexity index is 577. The fourth-order valence-corrected chi connectivity index (χ4v) is 3.13. The molecule has 0 heterocycles. The SMILES string of the molecule is CN=C(NCCCOCC1CC1)NC1CC1c1c(F)cccc1Cl.I. The van der Waals surface area contributed by atoms with Gasteiger partial charge in [-0.1, -0.05) is 17.7 Å². The Balaban J connectivity index is 0.00000225. The molecule has 4 nitrogen and oxygen atoms in total. The first-order valence-corrected chi connectivity index (χ1v) is 9.05. The van der Waals surface area contributed by atoms with E-state index >= 15 is 0 Å². The summed E-state index contributed by atoms with van der Waals surface area (Å²) in [5.74, 6) is 1.44. The average Bonchev–Trinajstić information content (AvgIpc) is 3.46. The summed E-state index contributed by atoms with van der Waals surface area (Å²) in [6.07, 6.45) is 4.46. The highest BCUT2D eigenvalue weighted by Crippen LogP contribution is 2.44. The lowest BCUT2D eigenvalue weighted by Crippen LogP contribution is -2.39. The van der Waals surface area contributed by atoms with Crippen LogP contribution < -0.4 is 10.6 Å². The van der Waals surface area contributed by atoms with Crippen molar-refractivity contribution < 1.29 is 9.13 Å². The van der Waals surface area contributed by atoms with Crippen molar-refractivity contribution in [3.05, 3.63) is 34.6 Å². The minimum absolute atomic E-state index is 0. The number of nitrogens with one attached hydrogen (secondary N) is 2. The van der Waals surface area contributed by atoms with Crippen molar-refractivity contribution in [1.82, 2.24) is 10.6 Å². The van der Waals surface area contributed by atoms with Gasteiger partial charge in [0.15, 0.2) is 5.96 Å². The molecule has 0 aromatic heterocycles. The summed E-state index contributed by atoms with van der Waals surface area (Å²) in [6.45, 7) is 2.49. The van der Waals surface area contributed by atoms with Crippen molar-refractivity contribution in [3.63, 3.8) is 0 Å². The first-order valence-electron chi connectivity index (χ1n) is 8.68. The summed E-state index contributed by atoms with van der Waals surface area (Å²) in [5.41, 5.74) is 0.612. The molecule has 1 aromatic carbocycles. The Morgan fingerprint density at radius 2 is 2.20 bits per heavy atom. The Labute approximate surface area is 171 Å². The lowest BCUT2D eigenvalue weighted by Gasteiger charge is -2.12. The lowest BCUT2D eigenvalue weighted by atomic mass is 10.1. The second-order valence-corrected chi connectivity index (χ2v) is 7.01. The van der Waals surface area contributed by atoms with E-state index in [1.807, 2.05) is 0 Å². The number of nitrogens with zero attached hydrogens (tertiary/aromatic N) is 1. The van der Waals surface area contributed by atoms with E-state index in [0.717, 1.165) is 44.5 Å². The fourth-order valence-electron chi connectivity index (χ4n) is 2.82. The second-order valence-electron chi connectivity index (χ2n) is 6.60. The highest BCUT2D eigenvalue weighted by atomic mass is 127. The topological polar surface area (TPSA) is 45.7 Å². The molecule has 0 spiro atoms. The van der Waals surface area contributed by atoms with Gasteiger partial charge in [-0.25, -0.2) is 4.39 Å². The minimum Gasteiger partial charge on any atom is -0.381 e. The van der Waals surface area contributed by atoms with E-state index in [4.69, 9.17) is 16.3 Å². The average molecular weight is 482 g/mol. The van der Waals surface area contributed by atoms with Gasteiger partial charge in [0.1, 0.15) is 5.82 Å². The summed E-state index contributed by atoms with van der Waals surface area (Å²) in [6, 6.07) is 5.02. The molecule has 2 aliphatic carbocycles. The molecule has 2 aliphatic rings. The molecule has 0 amide bonds. The molecule has 7 heteroatoms. The number of aliphatic imine (C=N–C) groups is 1. The van der Waals surface area contributed by atoms with Crippen LogP contribution in [0.3, 0.4) is 0 Å². The van der Waals surface area contributed by atoms with E-state index in [9.17, 15) is 4.39 Å². The molecule has 3 rings (SSSR count). The quantitative estimate of drug-likeness (QED) is 0.256. The highest BCUT2D eigenvalue weighted by Gasteiger charge is 2.41. The Morgan fingerprint density at radius 3 is 2.88 bits per heavy atom. The third-order valence-electron chi connectivity index (χ3n) is 4.52. The lowest BCUT2D eigenvalue weighted by molar-refractivity contribution is 0.123. The molecule has 0 bridgehead atoms. The summed E-state index contributed by atoms with van der Waals surface area (Å²) in [7, 11) is 1.74. The number of hydrogen-bond acceptors (Lipinski definition) is 2. The molecule has 2 fully saturated rings. The molecule has 0 saturated heterocycles. The van der Waals surface area contributed by atoms with Crippen molar-refractivity contribution in [2.45, 2.75) is 37.6 Å². The Kier molecular flexibility index (Phi) is 8.22. The molecule has 0 radical (unpaired) electrons. The maximum absolute atomic E-state index is 13.9. The minimum atomic E-state index is -0.229. The number of hydrogen-bond donors (Lipinski definition) is 2. The predicted octanol–water partition coefficient (Wildman–Crippen LogP) is 3.93. The maximum Gasteiger partial charge on any atom is 0.191 e. The smallest absolute Gasteiger partial charge is 0.191 e. The van der Waals surface area contributed by atoms with Gasteiger partial charge in [0.05, 0.1) is 0 Å². The van der Waals surface area contributed by atoms with Gasteiger partial charge in [0.25, 0.3) is 0 Å². The Hall–Kier alpha value is -0.600. The second kappa shape index (κ2) is 9.92. The number of benzene rings is 1. The molecule has 140 valence electrons. The summed E-state index contributed by atoms with van der Waals surface area (Å²) in [4.78, 5) is 4.22. The molecular weight excluding hydrogens is 456 g/mol. The van der Waals surface area contributed by atoms with Crippen molar-refractivity contribution in [3.8, 4) is 0 Å². The van der Waals surface area contributed by atoms with E-state index < -0.39 is 0 Å². The summed E-state index contributed by atoms with van der Waals surface area (Å²) >= 11 is 6.13. The van der Waals surface area contributed by atoms with Gasteiger partial charge >= 0.3 is 0 Å². The predicted molar refractivity (Wildman–Crippen MR) is 111 cm³/mol. The van der Waals surface area contributed by atoms with Gasteiger partial charge in [-0.2, -0.15) is 0 Å². The Morgan fingerprint density at radius 1 is 1.40 bits per heavy atom. The van der Waals surface area contributed by atoms with Crippen LogP contribution in [0.15, 0.2) is 23.2 Å². The summed E-state index contributed by atoms with van der Waals surface area (Å²) in [5, 5.41) is 7.11. The number of halogens is 3. The van der Waals surface area contributed by atoms with Crippen LogP contribution >= 0.6 is 35.6 Å². The molecule has 2 atom stereocenters. The molecule has 1 aromatic rings. The van der Waals surface area contributed by atoms with E-state index in [-0.39, 0.29) is 41.8 Å². The highest BCUT2D eigenvalue weighted by molar-refractivity contribution is 14.0. The first-order chi connectivity index (χ1) is 11.7. The number of guanidine groups is 1. The van der Waals surface area contributed by atoms with E-state index in [1.165, 1.54) is 18.9 Å². The third-order valence-corrected chi connectivity index (χ3v) is 4.84. The van der Waals surface area contributed by atoms with Crippen molar-refractivity contribution in [1.29, 1.82) is 0 Å². The van der Waals surface area contributed by atoms with Crippen LogP contribution in [0.5, 0.6) is 0 Å². The van der Waals surface area contributed by atoms with Crippen LogP contribution in [0.4, 0.5) is 4.39 Å². The standard InChI is InChI=1S/C18H25ClFN3O.HI/c1-21-18(22-8-3-9-24-11-12-6-7-12)23-16-10-13(16)17-14(19)4-2-5-15(17)20;/h2,4-5,12-13,16H,3,6-11H2,1H3,(H2,21,22,23);1H. The van der Waals surface area contributed by atoms with Crippen molar-refractivity contribution in [2.75, 3.05) is 26.8 Å². The third kappa shape index (κ3) is 6.25. The molecule has 2 unspecified atom stereocenters. The van der Waals surface area contributed by atoms with Gasteiger partial charge in [-0.3, -0.25) is 4.99 Å². The van der Waals surface area contributed by atoms with E-state index in [1.54, 1.807) is 19.2 Å². The van der Waals surface area contributed by atoms with Crippen LogP contribution in [-0.4, -0.2) is 38.8 Å². The molecule has 25 heavy (non-hydrogen) atoms. The normalized spacial score (nSPS) is 22.3. The van der Waals surface area contributed by atoms with Gasteiger partial charge in [-0.05, 0) is 43.7 Å². The molecule has 0 aliphatic heterocycles. The largest absolute Gasteiger partial charge is 0.381 e. The molecule has 2 N–H and O–H groups in total. The number of ether oxygens (including phenoxy) is 1. The van der Waals surface area contributed by atoms with Crippen molar-refractivity contribution >= 4 is 41.5 Å². The van der Waals surface area contributed by atoms with Crippen LogP contribution in [0.25, 0.3) is 0 Å². The zero-order valence-corrected chi connectivity index (χ0v) is 17.5. The van der Waals surface area contributed by atoms with Crippen LogP contribution in [-0.2, 0) is 4.74 Å². The fraction of sp³-hybridized carbons (Fsp3) is 0.611. The first kappa shape index (κ1) is 20.7. The van der Waals surface area contributed by atoms with Gasteiger partial charge < -0.3 is 15.4 Å². The summed E-state index contributed by atoms with van der Waals surface area (Å²) < 4.78 is 19.6. The van der Waals surface area contributed by atoms with Gasteiger partial charge in [0, 0.05) is 49.4 Å².